The molecule has 7 rings (SSSR count). The van der Waals surface area contributed by atoms with E-state index in [-0.39, 0.29) is 5.52 Å². The first-order valence-corrected chi connectivity index (χ1v) is 12.1. The van der Waals surface area contributed by atoms with Gasteiger partial charge in [0.05, 0.1) is 17.8 Å². The molecule has 4 aromatic rings. The van der Waals surface area contributed by atoms with Crippen molar-refractivity contribution in [1.82, 2.24) is 15.0 Å². The predicted molar refractivity (Wildman–Crippen MR) is 133 cm³/mol. The molecule has 0 spiro atoms. The molecule has 0 radical (unpaired) electrons. The van der Waals surface area contributed by atoms with Crippen LogP contribution in [0.2, 0.25) is 0 Å². The quantitative estimate of drug-likeness (QED) is 0.307. The van der Waals surface area contributed by atoms with Crippen molar-refractivity contribution < 1.29 is 8.78 Å². The van der Waals surface area contributed by atoms with E-state index >= 15 is 0 Å². The smallest absolute Gasteiger partial charge is 0.187 e. The topological polar surface area (TPSA) is 58.0 Å². The summed E-state index contributed by atoms with van der Waals surface area (Å²) in [5, 5.41) is 4.11. The minimum Gasteiger partial charge on any atom is -0.367 e. The molecular weight excluding hydrogens is 444 g/mol. The van der Waals surface area contributed by atoms with Gasteiger partial charge in [0, 0.05) is 35.3 Å². The summed E-state index contributed by atoms with van der Waals surface area (Å²) in [6, 6.07) is 11.7. The first-order valence-electron chi connectivity index (χ1n) is 12.1. The van der Waals surface area contributed by atoms with Crippen LogP contribution in [0.1, 0.15) is 32.6 Å². The van der Waals surface area contributed by atoms with E-state index in [0.29, 0.717) is 51.9 Å². The summed E-state index contributed by atoms with van der Waals surface area (Å²) >= 11 is 0. The number of aromatic nitrogens is 3. The normalized spacial score (nSPS) is 23.4. The number of H-pyrrole nitrogens is 1. The highest BCUT2D eigenvalue weighted by atomic mass is 19.1. The number of nitrogens with zero attached hydrogens (tertiary/aromatic N) is 3. The number of anilines is 1. The van der Waals surface area contributed by atoms with E-state index < -0.39 is 11.6 Å². The van der Waals surface area contributed by atoms with E-state index in [1.165, 1.54) is 31.7 Å². The summed E-state index contributed by atoms with van der Waals surface area (Å²) < 4.78 is 28.4. The predicted octanol–water partition coefficient (Wildman–Crippen LogP) is 7.36. The zero-order valence-electron chi connectivity index (χ0n) is 19.4. The van der Waals surface area contributed by atoms with E-state index in [0.717, 1.165) is 17.5 Å². The number of halogens is 2. The van der Waals surface area contributed by atoms with Gasteiger partial charge in [-0.25, -0.2) is 23.6 Å². The van der Waals surface area contributed by atoms with Gasteiger partial charge in [-0.1, -0.05) is 31.2 Å². The highest BCUT2D eigenvalue weighted by Crippen LogP contribution is 2.46. The van der Waals surface area contributed by atoms with Crippen molar-refractivity contribution in [2.24, 2.45) is 17.8 Å². The molecule has 0 saturated heterocycles. The zero-order valence-corrected chi connectivity index (χ0v) is 19.4. The zero-order chi connectivity index (χ0) is 24.1. The number of nitrogens with one attached hydrogen (secondary N) is 2. The van der Waals surface area contributed by atoms with E-state index in [9.17, 15) is 8.78 Å². The Hall–Kier alpha value is -3.79. The molecule has 3 aliphatic carbocycles. The van der Waals surface area contributed by atoms with Crippen LogP contribution in [0.4, 0.5) is 20.3 Å². The third kappa shape index (κ3) is 3.83. The summed E-state index contributed by atoms with van der Waals surface area (Å²) in [6.07, 6.45) is 6.69. The lowest BCUT2D eigenvalue weighted by molar-refractivity contribution is 0.0928. The summed E-state index contributed by atoms with van der Waals surface area (Å²) in [4.78, 5) is 16.0. The Morgan fingerprint density at radius 3 is 2.46 bits per heavy atom. The van der Waals surface area contributed by atoms with Gasteiger partial charge in [0.25, 0.3) is 0 Å². The number of hydrogen-bond donors (Lipinski definition) is 2. The number of fused-ring (bicyclic) bond motifs is 4. The minimum atomic E-state index is -0.650. The highest BCUT2D eigenvalue weighted by molar-refractivity contribution is 5.94. The Morgan fingerprint density at radius 2 is 1.74 bits per heavy atom. The molecule has 2 aromatic heterocycles. The molecule has 35 heavy (non-hydrogen) atoms. The fourth-order valence-electron chi connectivity index (χ4n) is 6.01. The molecule has 3 fully saturated rings. The van der Waals surface area contributed by atoms with Crippen molar-refractivity contribution in [2.45, 2.75) is 38.6 Å². The lowest BCUT2D eigenvalue weighted by Gasteiger charge is -2.47. The molecule has 2 bridgehead atoms. The van der Waals surface area contributed by atoms with Crippen molar-refractivity contribution in [2.75, 3.05) is 5.32 Å². The number of benzene rings is 2. The molecule has 3 aliphatic rings. The lowest BCUT2D eigenvalue weighted by Crippen LogP contribution is -2.47. The highest BCUT2D eigenvalue weighted by Gasteiger charge is 2.41. The van der Waals surface area contributed by atoms with Crippen molar-refractivity contribution >= 4 is 22.4 Å². The van der Waals surface area contributed by atoms with E-state index in [4.69, 9.17) is 16.5 Å². The fourth-order valence-corrected chi connectivity index (χ4v) is 6.01. The molecule has 2 aromatic carbocycles. The Balaban J connectivity index is 1.46. The molecule has 2 heterocycles. The average Bonchev–Trinajstić information content (AvgIpc) is 3.30. The van der Waals surface area contributed by atoms with Crippen LogP contribution in [0.25, 0.3) is 38.4 Å². The summed E-state index contributed by atoms with van der Waals surface area (Å²) in [5.74, 6) is 1.71. The van der Waals surface area contributed by atoms with Crippen LogP contribution in [0, 0.1) is 36.0 Å². The van der Waals surface area contributed by atoms with Crippen LogP contribution in [-0.2, 0) is 0 Å². The Bertz CT molecular complexity index is 1440. The van der Waals surface area contributed by atoms with Crippen LogP contribution in [-0.4, -0.2) is 21.0 Å². The Morgan fingerprint density at radius 1 is 1.00 bits per heavy atom. The van der Waals surface area contributed by atoms with Crippen molar-refractivity contribution in [3.05, 3.63) is 71.7 Å². The third-order valence-corrected chi connectivity index (χ3v) is 7.91. The molecule has 0 amide bonds. The Labute approximate surface area is 202 Å². The molecule has 7 heteroatoms. The Kier molecular flexibility index (Phi) is 5.25. The van der Waals surface area contributed by atoms with E-state index in [1.807, 2.05) is 18.2 Å². The average molecular weight is 470 g/mol. The molecule has 3 saturated carbocycles. The summed E-state index contributed by atoms with van der Waals surface area (Å²) in [7, 11) is 0. The van der Waals surface area contributed by atoms with Crippen LogP contribution in [0.3, 0.4) is 0 Å². The van der Waals surface area contributed by atoms with Gasteiger partial charge in [-0.3, -0.25) is 0 Å². The van der Waals surface area contributed by atoms with Crippen LogP contribution >= 0.6 is 0 Å². The van der Waals surface area contributed by atoms with E-state index in [2.05, 4.69) is 22.1 Å². The van der Waals surface area contributed by atoms with Gasteiger partial charge < -0.3 is 10.3 Å². The first-order chi connectivity index (χ1) is 17.0. The lowest BCUT2D eigenvalue weighted by atomic mass is 9.62. The fraction of sp³-hybridized carbons (Fsp3) is 0.321. The first kappa shape index (κ1) is 21.7. The third-order valence-electron chi connectivity index (χ3n) is 7.91. The molecule has 0 unspecified atom stereocenters. The summed E-state index contributed by atoms with van der Waals surface area (Å²) in [5.41, 5.74) is 2.85. The molecule has 2 atom stereocenters. The van der Waals surface area contributed by atoms with Gasteiger partial charge in [0.2, 0.25) is 0 Å². The maximum atomic E-state index is 14.4. The second-order valence-electron chi connectivity index (χ2n) is 9.84. The largest absolute Gasteiger partial charge is 0.367 e. The molecule has 176 valence electrons. The number of hydrogen-bond acceptors (Lipinski definition) is 3. The number of aromatic amines is 1. The standard InChI is InChI=1S/C28H25F2N5/c1-15-16-3-5-18(6-4-16)26(15)34-25-13-24(17-7-9-20(31-2)10-8-17)33-28(35-25)22-14-32-27-21(22)11-19(29)12-23(27)30/h7-16,18,26,32H,3-6H2,1H3,(H,33,34,35)/t15-,16?,18?,26+/m0/s1. The summed E-state index contributed by atoms with van der Waals surface area (Å²) in [6.45, 7) is 9.54. The van der Waals surface area contributed by atoms with Gasteiger partial charge in [-0.15, -0.1) is 0 Å². The second kappa shape index (κ2) is 8.46. The maximum Gasteiger partial charge on any atom is 0.187 e. The van der Waals surface area contributed by atoms with Gasteiger partial charge in [-0.2, -0.15) is 0 Å². The van der Waals surface area contributed by atoms with E-state index in [1.54, 1.807) is 18.3 Å². The van der Waals surface area contributed by atoms with Gasteiger partial charge in [-0.05, 0) is 55.1 Å². The number of rotatable bonds is 4. The van der Waals surface area contributed by atoms with Crippen molar-refractivity contribution in [3.63, 3.8) is 0 Å². The van der Waals surface area contributed by atoms with Crippen molar-refractivity contribution in [1.29, 1.82) is 0 Å². The van der Waals surface area contributed by atoms with Crippen LogP contribution in [0.5, 0.6) is 0 Å². The second-order valence-corrected chi connectivity index (χ2v) is 9.84. The van der Waals surface area contributed by atoms with Crippen LogP contribution < -0.4 is 5.32 Å². The SMILES string of the molecule is [C-]#[N+]c1ccc(-c2cc(N[C@H]3C4CCC(CC4)[C@@H]3C)nc(-c3c[nH]c4c(F)cc(F)cc34)n2)cc1. The minimum absolute atomic E-state index is 0.226. The van der Waals surface area contributed by atoms with Crippen LogP contribution in [0.15, 0.2) is 48.7 Å². The van der Waals surface area contributed by atoms with Gasteiger partial charge in [0.15, 0.2) is 11.5 Å². The molecular formula is C28H25F2N5. The van der Waals surface area contributed by atoms with Gasteiger partial charge in [0.1, 0.15) is 17.5 Å². The molecule has 5 nitrogen and oxygen atoms in total. The monoisotopic (exact) mass is 469 g/mol. The van der Waals surface area contributed by atoms with Gasteiger partial charge >= 0.3 is 0 Å². The molecule has 0 aliphatic heterocycles. The maximum absolute atomic E-state index is 14.4. The molecule has 2 N–H and O–H groups in total. The van der Waals surface area contributed by atoms with Crippen molar-refractivity contribution in [3.8, 4) is 22.6 Å².